The predicted molar refractivity (Wildman–Crippen MR) is 75.7 cm³/mol. The van der Waals surface area contributed by atoms with Crippen molar-refractivity contribution in [3.8, 4) is 11.3 Å². The molecule has 0 unspecified atom stereocenters. The van der Waals surface area contributed by atoms with Crippen LogP contribution >= 0.6 is 0 Å². The molecular formula is C15H21N3. The number of aromatic nitrogens is 2. The second kappa shape index (κ2) is 5.36. The first-order valence-electron chi connectivity index (χ1n) is 6.36. The molecule has 1 N–H and O–H groups in total. The quantitative estimate of drug-likeness (QED) is 0.894. The molecule has 0 bridgehead atoms. The minimum atomic E-state index is 0.953. The average molecular weight is 243 g/mol. The van der Waals surface area contributed by atoms with Crippen molar-refractivity contribution in [2.24, 2.45) is 7.05 Å². The second-order valence-electron chi connectivity index (χ2n) is 4.82. The zero-order chi connectivity index (χ0) is 13.1. The first-order valence-corrected chi connectivity index (χ1v) is 6.36. The van der Waals surface area contributed by atoms with E-state index < -0.39 is 0 Å². The maximum Gasteiger partial charge on any atom is 0.0951 e. The lowest BCUT2D eigenvalue weighted by Gasteiger charge is -2.10. The number of hydrogen-bond acceptors (Lipinski definition) is 2. The summed E-state index contributed by atoms with van der Waals surface area (Å²) in [6.45, 7) is 5.24. The van der Waals surface area contributed by atoms with Crippen molar-refractivity contribution in [3.05, 3.63) is 41.3 Å². The fourth-order valence-corrected chi connectivity index (χ4v) is 2.24. The first kappa shape index (κ1) is 12.8. The van der Waals surface area contributed by atoms with Crippen LogP contribution < -0.4 is 5.32 Å². The van der Waals surface area contributed by atoms with E-state index in [9.17, 15) is 0 Å². The Morgan fingerprint density at radius 1 is 1.28 bits per heavy atom. The molecule has 0 aliphatic rings. The molecule has 0 saturated carbocycles. The second-order valence-corrected chi connectivity index (χ2v) is 4.82. The van der Waals surface area contributed by atoms with E-state index in [1.807, 2.05) is 13.4 Å². The van der Waals surface area contributed by atoms with Gasteiger partial charge >= 0.3 is 0 Å². The summed E-state index contributed by atoms with van der Waals surface area (Å²) in [6.07, 6.45) is 2.86. The van der Waals surface area contributed by atoms with Crippen molar-refractivity contribution in [1.82, 2.24) is 14.9 Å². The molecule has 0 fully saturated rings. The highest BCUT2D eigenvalue weighted by Crippen LogP contribution is 2.27. The van der Waals surface area contributed by atoms with Crippen LogP contribution in [0, 0.1) is 13.8 Å². The molecule has 0 amide bonds. The van der Waals surface area contributed by atoms with Gasteiger partial charge in [0.05, 0.1) is 17.7 Å². The normalized spacial score (nSPS) is 10.9. The number of benzene rings is 1. The monoisotopic (exact) mass is 243 g/mol. The Bertz CT molecular complexity index is 541. The van der Waals surface area contributed by atoms with Gasteiger partial charge in [0.2, 0.25) is 0 Å². The summed E-state index contributed by atoms with van der Waals surface area (Å²) in [7, 11) is 4.04. The van der Waals surface area contributed by atoms with Crippen molar-refractivity contribution in [2.75, 3.05) is 13.6 Å². The van der Waals surface area contributed by atoms with Crippen LogP contribution in [-0.2, 0) is 13.5 Å². The molecule has 0 aliphatic heterocycles. The number of hydrogen-bond donors (Lipinski definition) is 1. The van der Waals surface area contributed by atoms with E-state index in [4.69, 9.17) is 0 Å². The number of nitrogens with one attached hydrogen (secondary N) is 1. The molecule has 3 heteroatoms. The first-order chi connectivity index (χ1) is 8.63. The highest BCUT2D eigenvalue weighted by molar-refractivity contribution is 5.67. The molecule has 1 aromatic carbocycles. The third-order valence-corrected chi connectivity index (χ3v) is 3.27. The Balaban J connectivity index is 2.48. The Kier molecular flexibility index (Phi) is 3.82. The largest absolute Gasteiger partial charge is 0.334 e. The number of rotatable bonds is 4. The molecule has 2 rings (SSSR count). The standard InChI is InChI=1S/C15H21N3/c1-11-5-6-12(2)13(9-11)15-14(7-8-16-3)17-10-18(15)4/h5-6,9-10,16H,7-8H2,1-4H3. The van der Waals surface area contributed by atoms with Crippen LogP contribution in [0.5, 0.6) is 0 Å². The molecule has 18 heavy (non-hydrogen) atoms. The number of likely N-dealkylation sites (N-methyl/N-ethyl adjacent to an activating group) is 1. The van der Waals surface area contributed by atoms with Gasteiger partial charge in [-0.3, -0.25) is 0 Å². The lowest BCUT2D eigenvalue weighted by atomic mass is 10.0. The van der Waals surface area contributed by atoms with Gasteiger partial charge in [0, 0.05) is 25.6 Å². The minimum Gasteiger partial charge on any atom is -0.334 e. The van der Waals surface area contributed by atoms with Crippen LogP contribution in [0.1, 0.15) is 16.8 Å². The van der Waals surface area contributed by atoms with Gasteiger partial charge in [-0.05, 0) is 32.5 Å². The van der Waals surface area contributed by atoms with Crippen LogP contribution in [-0.4, -0.2) is 23.1 Å². The maximum absolute atomic E-state index is 4.52. The van der Waals surface area contributed by atoms with Crippen molar-refractivity contribution >= 4 is 0 Å². The van der Waals surface area contributed by atoms with Gasteiger partial charge in [0.15, 0.2) is 0 Å². The lowest BCUT2D eigenvalue weighted by Crippen LogP contribution is -2.11. The van der Waals surface area contributed by atoms with Gasteiger partial charge in [0.25, 0.3) is 0 Å². The van der Waals surface area contributed by atoms with E-state index in [2.05, 4.69) is 54.0 Å². The minimum absolute atomic E-state index is 0.953. The van der Waals surface area contributed by atoms with Crippen LogP contribution in [0.25, 0.3) is 11.3 Å². The van der Waals surface area contributed by atoms with Gasteiger partial charge in [0.1, 0.15) is 0 Å². The van der Waals surface area contributed by atoms with E-state index in [1.54, 1.807) is 0 Å². The number of aryl methyl sites for hydroxylation is 3. The highest BCUT2D eigenvalue weighted by atomic mass is 15.0. The zero-order valence-electron chi connectivity index (χ0n) is 11.6. The fourth-order valence-electron chi connectivity index (χ4n) is 2.24. The summed E-state index contributed by atoms with van der Waals surface area (Å²) in [5.41, 5.74) is 6.29. The maximum atomic E-state index is 4.52. The molecule has 1 heterocycles. The fraction of sp³-hybridized carbons (Fsp3) is 0.400. The SMILES string of the molecule is CNCCc1ncn(C)c1-c1cc(C)ccc1C. The Hall–Kier alpha value is -1.61. The average Bonchev–Trinajstić information content (AvgIpc) is 2.71. The number of imidazole rings is 1. The van der Waals surface area contributed by atoms with Crippen molar-refractivity contribution in [2.45, 2.75) is 20.3 Å². The highest BCUT2D eigenvalue weighted by Gasteiger charge is 2.12. The van der Waals surface area contributed by atoms with Crippen LogP contribution in [0.3, 0.4) is 0 Å². The summed E-state index contributed by atoms with van der Waals surface area (Å²) in [5, 5.41) is 3.18. The topological polar surface area (TPSA) is 29.9 Å². The molecule has 2 aromatic rings. The molecule has 0 atom stereocenters. The summed E-state index contributed by atoms with van der Waals surface area (Å²) in [4.78, 5) is 4.52. The molecule has 96 valence electrons. The molecule has 0 radical (unpaired) electrons. The number of nitrogens with zero attached hydrogens (tertiary/aromatic N) is 2. The van der Waals surface area contributed by atoms with Crippen molar-refractivity contribution in [1.29, 1.82) is 0 Å². The van der Waals surface area contributed by atoms with Gasteiger partial charge in [-0.2, -0.15) is 0 Å². The van der Waals surface area contributed by atoms with E-state index >= 15 is 0 Å². The summed E-state index contributed by atoms with van der Waals surface area (Å²) >= 11 is 0. The molecule has 1 aromatic heterocycles. The molecule has 3 nitrogen and oxygen atoms in total. The summed E-state index contributed by atoms with van der Waals surface area (Å²) in [6, 6.07) is 6.58. The Morgan fingerprint density at radius 2 is 2.06 bits per heavy atom. The van der Waals surface area contributed by atoms with E-state index in [0.717, 1.165) is 13.0 Å². The zero-order valence-corrected chi connectivity index (χ0v) is 11.6. The lowest BCUT2D eigenvalue weighted by molar-refractivity contribution is 0.780. The van der Waals surface area contributed by atoms with Gasteiger partial charge in [-0.25, -0.2) is 4.98 Å². The third-order valence-electron chi connectivity index (χ3n) is 3.27. The Labute approximate surface area is 109 Å². The van der Waals surface area contributed by atoms with Crippen molar-refractivity contribution < 1.29 is 0 Å². The smallest absolute Gasteiger partial charge is 0.0951 e. The van der Waals surface area contributed by atoms with E-state index in [-0.39, 0.29) is 0 Å². The Morgan fingerprint density at radius 3 is 2.78 bits per heavy atom. The van der Waals surface area contributed by atoms with Crippen LogP contribution in [0.4, 0.5) is 0 Å². The van der Waals surface area contributed by atoms with Gasteiger partial charge < -0.3 is 9.88 Å². The molecule has 0 spiro atoms. The molecule has 0 aliphatic carbocycles. The molecule has 0 saturated heterocycles. The van der Waals surface area contributed by atoms with E-state index in [0.29, 0.717) is 0 Å². The third kappa shape index (κ3) is 2.46. The van der Waals surface area contributed by atoms with E-state index in [1.165, 1.54) is 28.1 Å². The predicted octanol–water partition coefficient (Wildman–Crippen LogP) is 2.47. The summed E-state index contributed by atoms with van der Waals surface area (Å²) < 4.78 is 2.12. The van der Waals surface area contributed by atoms with Gasteiger partial charge in [-0.1, -0.05) is 17.7 Å². The van der Waals surface area contributed by atoms with Crippen LogP contribution in [0.15, 0.2) is 24.5 Å². The van der Waals surface area contributed by atoms with Gasteiger partial charge in [-0.15, -0.1) is 0 Å². The van der Waals surface area contributed by atoms with Crippen molar-refractivity contribution in [3.63, 3.8) is 0 Å². The summed E-state index contributed by atoms with van der Waals surface area (Å²) in [5.74, 6) is 0. The van der Waals surface area contributed by atoms with Crippen LogP contribution in [0.2, 0.25) is 0 Å². The molecular weight excluding hydrogens is 222 g/mol.